The maximum absolute atomic E-state index is 9.79. The molecule has 1 aromatic carbocycles. The predicted octanol–water partition coefficient (Wildman–Crippen LogP) is 2.75. The highest BCUT2D eigenvalue weighted by atomic mass is 35.5. The van der Waals surface area contributed by atoms with Gasteiger partial charge in [0.25, 0.3) is 0 Å². The van der Waals surface area contributed by atoms with Crippen LogP contribution in [0.1, 0.15) is 13.3 Å². The van der Waals surface area contributed by atoms with Crippen LogP contribution in [0.25, 0.3) is 0 Å². The van der Waals surface area contributed by atoms with Crippen LogP contribution >= 0.6 is 23.2 Å². The molecule has 1 aromatic rings. The number of para-hydroxylation sites is 1. The van der Waals surface area contributed by atoms with Crippen LogP contribution < -0.4 is 10.1 Å². The van der Waals surface area contributed by atoms with E-state index in [0.29, 0.717) is 22.3 Å². The summed E-state index contributed by atoms with van der Waals surface area (Å²) in [6.07, 6.45) is 0.298. The molecule has 0 aliphatic carbocycles. The zero-order chi connectivity index (χ0) is 14.8. The molecule has 1 atom stereocenters. The lowest BCUT2D eigenvalue weighted by atomic mass is 10.3. The van der Waals surface area contributed by atoms with Gasteiger partial charge in [-0.3, -0.25) is 0 Å². The number of nitrogens with one attached hydrogen (secondary N) is 1. The molecular formula is C14H21Cl2NO3. The average molecular weight is 322 g/mol. The van der Waals surface area contributed by atoms with E-state index in [1.165, 1.54) is 0 Å². The van der Waals surface area contributed by atoms with Crippen molar-refractivity contribution in [3.8, 4) is 5.75 Å². The topological polar surface area (TPSA) is 50.7 Å². The fourth-order valence-electron chi connectivity index (χ4n) is 1.57. The normalized spacial score (nSPS) is 12.4. The van der Waals surface area contributed by atoms with Gasteiger partial charge in [-0.05, 0) is 32.0 Å². The molecule has 114 valence electrons. The van der Waals surface area contributed by atoms with Crippen LogP contribution in [0.15, 0.2) is 18.2 Å². The van der Waals surface area contributed by atoms with Gasteiger partial charge in [-0.2, -0.15) is 0 Å². The van der Waals surface area contributed by atoms with E-state index < -0.39 is 6.10 Å². The van der Waals surface area contributed by atoms with Gasteiger partial charge in [-0.15, -0.1) is 0 Å². The van der Waals surface area contributed by atoms with Gasteiger partial charge in [-0.1, -0.05) is 29.3 Å². The quantitative estimate of drug-likeness (QED) is 0.651. The molecular weight excluding hydrogens is 301 g/mol. The summed E-state index contributed by atoms with van der Waals surface area (Å²) in [5, 5.41) is 13.8. The maximum Gasteiger partial charge on any atom is 0.156 e. The minimum absolute atomic E-state index is 0.141. The molecule has 20 heavy (non-hydrogen) atoms. The lowest BCUT2D eigenvalue weighted by Gasteiger charge is -2.14. The Morgan fingerprint density at radius 2 is 2.00 bits per heavy atom. The van der Waals surface area contributed by atoms with Crippen molar-refractivity contribution in [3.05, 3.63) is 28.2 Å². The highest BCUT2D eigenvalue weighted by Gasteiger charge is 2.10. The Balaban J connectivity index is 2.18. The summed E-state index contributed by atoms with van der Waals surface area (Å²) in [7, 11) is 0. The van der Waals surface area contributed by atoms with Gasteiger partial charge in [-0.25, -0.2) is 0 Å². The van der Waals surface area contributed by atoms with E-state index in [1.54, 1.807) is 18.2 Å². The summed E-state index contributed by atoms with van der Waals surface area (Å²) < 4.78 is 10.7. The van der Waals surface area contributed by atoms with E-state index >= 15 is 0 Å². The monoisotopic (exact) mass is 321 g/mol. The Bertz CT molecular complexity index is 370. The summed E-state index contributed by atoms with van der Waals surface area (Å²) in [5.74, 6) is 0.409. The summed E-state index contributed by atoms with van der Waals surface area (Å²) in [6, 6.07) is 5.14. The molecule has 6 heteroatoms. The number of ether oxygens (including phenoxy) is 2. The second-order valence-corrected chi connectivity index (χ2v) is 5.08. The fourth-order valence-corrected chi connectivity index (χ4v) is 2.08. The Labute approximate surface area is 130 Å². The van der Waals surface area contributed by atoms with E-state index in [4.69, 9.17) is 32.7 Å². The van der Waals surface area contributed by atoms with E-state index in [0.717, 1.165) is 26.2 Å². The van der Waals surface area contributed by atoms with Crippen LogP contribution in [0.4, 0.5) is 0 Å². The van der Waals surface area contributed by atoms with E-state index in [1.807, 2.05) is 6.92 Å². The molecule has 0 saturated carbocycles. The molecule has 2 N–H and O–H groups in total. The van der Waals surface area contributed by atoms with Crippen LogP contribution in [0.5, 0.6) is 5.75 Å². The lowest BCUT2D eigenvalue weighted by molar-refractivity contribution is 0.104. The summed E-state index contributed by atoms with van der Waals surface area (Å²) >= 11 is 11.9. The van der Waals surface area contributed by atoms with Crippen molar-refractivity contribution in [2.24, 2.45) is 0 Å². The zero-order valence-corrected chi connectivity index (χ0v) is 13.1. The van der Waals surface area contributed by atoms with Crippen molar-refractivity contribution in [2.75, 3.05) is 32.9 Å². The van der Waals surface area contributed by atoms with Crippen molar-refractivity contribution in [3.63, 3.8) is 0 Å². The number of hydrogen-bond acceptors (Lipinski definition) is 4. The van der Waals surface area contributed by atoms with Gasteiger partial charge >= 0.3 is 0 Å². The summed E-state index contributed by atoms with van der Waals surface area (Å²) in [4.78, 5) is 0. The molecule has 0 fully saturated rings. The van der Waals surface area contributed by atoms with Gasteiger partial charge in [0.05, 0.1) is 10.0 Å². The number of aliphatic hydroxyl groups is 1. The minimum atomic E-state index is -0.616. The van der Waals surface area contributed by atoms with Gasteiger partial charge in [0.15, 0.2) is 5.75 Å². The van der Waals surface area contributed by atoms with E-state index in [2.05, 4.69) is 5.32 Å². The highest BCUT2D eigenvalue weighted by molar-refractivity contribution is 6.37. The van der Waals surface area contributed by atoms with Gasteiger partial charge in [0.1, 0.15) is 12.7 Å². The number of aliphatic hydroxyl groups excluding tert-OH is 1. The Morgan fingerprint density at radius 3 is 2.65 bits per heavy atom. The summed E-state index contributed by atoms with van der Waals surface area (Å²) in [6.45, 7) is 4.81. The number of rotatable bonds is 10. The first kappa shape index (κ1) is 17.5. The van der Waals surface area contributed by atoms with Crippen LogP contribution in [0, 0.1) is 0 Å². The third-order valence-electron chi connectivity index (χ3n) is 2.57. The van der Waals surface area contributed by atoms with Crippen LogP contribution in [0.2, 0.25) is 10.0 Å². The first-order valence-corrected chi connectivity index (χ1v) is 7.44. The van der Waals surface area contributed by atoms with Crippen molar-refractivity contribution in [1.29, 1.82) is 0 Å². The van der Waals surface area contributed by atoms with Crippen molar-refractivity contribution < 1.29 is 14.6 Å². The third kappa shape index (κ3) is 6.77. The third-order valence-corrected chi connectivity index (χ3v) is 3.16. The molecule has 0 saturated heterocycles. The molecule has 1 unspecified atom stereocenters. The molecule has 4 nitrogen and oxygen atoms in total. The Hall–Kier alpha value is -0.520. The van der Waals surface area contributed by atoms with E-state index in [9.17, 15) is 5.11 Å². The van der Waals surface area contributed by atoms with Crippen LogP contribution in [-0.2, 0) is 4.74 Å². The van der Waals surface area contributed by atoms with Crippen LogP contribution in [0.3, 0.4) is 0 Å². The van der Waals surface area contributed by atoms with Crippen LogP contribution in [-0.4, -0.2) is 44.1 Å². The predicted molar refractivity (Wildman–Crippen MR) is 81.9 cm³/mol. The molecule has 0 spiro atoms. The molecule has 0 amide bonds. The molecule has 0 bridgehead atoms. The number of benzene rings is 1. The van der Waals surface area contributed by atoms with E-state index in [-0.39, 0.29) is 6.61 Å². The van der Waals surface area contributed by atoms with Gasteiger partial charge in [0.2, 0.25) is 0 Å². The van der Waals surface area contributed by atoms with Crippen molar-refractivity contribution in [1.82, 2.24) is 5.32 Å². The number of halogens is 2. The van der Waals surface area contributed by atoms with Gasteiger partial charge in [0, 0.05) is 19.8 Å². The first-order valence-electron chi connectivity index (χ1n) is 6.68. The zero-order valence-electron chi connectivity index (χ0n) is 11.6. The van der Waals surface area contributed by atoms with Gasteiger partial charge < -0.3 is 19.9 Å². The lowest BCUT2D eigenvalue weighted by Crippen LogP contribution is -2.32. The standard InChI is InChI=1S/C14H21Cl2NO3/c1-2-19-8-4-7-17-9-11(18)10-20-14-12(15)5-3-6-13(14)16/h3,5-6,11,17-18H,2,4,7-10H2,1H3. The van der Waals surface area contributed by atoms with Crippen molar-refractivity contribution >= 4 is 23.2 Å². The largest absolute Gasteiger partial charge is 0.488 e. The summed E-state index contributed by atoms with van der Waals surface area (Å²) in [5.41, 5.74) is 0. The Kier molecular flexibility index (Phi) is 8.98. The molecule has 0 aromatic heterocycles. The molecule has 0 aliphatic heterocycles. The molecule has 0 radical (unpaired) electrons. The fraction of sp³-hybridized carbons (Fsp3) is 0.571. The average Bonchev–Trinajstić information content (AvgIpc) is 2.42. The first-order chi connectivity index (χ1) is 9.65. The smallest absolute Gasteiger partial charge is 0.156 e. The molecule has 1 rings (SSSR count). The SMILES string of the molecule is CCOCCCNCC(O)COc1c(Cl)cccc1Cl. The molecule has 0 heterocycles. The number of hydrogen-bond donors (Lipinski definition) is 2. The minimum Gasteiger partial charge on any atom is -0.488 e. The Morgan fingerprint density at radius 1 is 1.30 bits per heavy atom. The van der Waals surface area contributed by atoms with Crippen molar-refractivity contribution in [2.45, 2.75) is 19.4 Å². The second-order valence-electron chi connectivity index (χ2n) is 4.27. The maximum atomic E-state index is 9.79. The second kappa shape index (κ2) is 10.2. The highest BCUT2D eigenvalue weighted by Crippen LogP contribution is 2.32. The molecule has 0 aliphatic rings.